The van der Waals surface area contributed by atoms with Gasteiger partial charge >= 0.3 is 5.97 Å². The third kappa shape index (κ3) is 11.9. The maximum absolute atomic E-state index is 13.9. The van der Waals surface area contributed by atoms with Gasteiger partial charge in [0, 0.05) is 18.7 Å². The number of aryl methyl sites for hydroxylation is 1. The SMILES string of the molecule is CCC[C@H](OC1C(OC(=O)c2ccccc2)[C@H](O[C@@H]2CC(CO[C@H]3OC(CO)[C@@H](O)C(n4cc(-c5cccc(C)c5)nn4)C3O)CC(C)[C@H]2O[C@@H]2OC(C)[C@@H](O)[C@H](O)C2O)O[C@@H](CO)[C@@H]1O)C(=O)N1CCC1. The minimum Gasteiger partial charge on any atom is -0.450 e. The molecule has 1 amide bonds. The lowest BCUT2D eigenvalue weighted by Crippen LogP contribution is -2.64. The van der Waals surface area contributed by atoms with E-state index in [4.69, 9.17) is 37.9 Å². The number of likely N-dealkylation sites (tertiary alicyclic amines) is 1. The van der Waals surface area contributed by atoms with Crippen molar-refractivity contribution in [2.24, 2.45) is 11.8 Å². The van der Waals surface area contributed by atoms with Gasteiger partial charge in [-0.3, -0.25) is 4.79 Å². The first kappa shape index (κ1) is 54.2. The number of rotatable bonds is 18. The summed E-state index contributed by atoms with van der Waals surface area (Å²) < 4.78 is 51.6. The first-order valence-corrected chi connectivity index (χ1v) is 25.0. The summed E-state index contributed by atoms with van der Waals surface area (Å²) in [6.45, 7) is 6.80. The van der Waals surface area contributed by atoms with Crippen molar-refractivity contribution in [3.63, 3.8) is 0 Å². The molecule has 22 nitrogen and oxygen atoms in total. The number of amides is 1. The van der Waals surface area contributed by atoms with Crippen molar-refractivity contribution in [1.29, 1.82) is 0 Å². The Labute approximate surface area is 417 Å². The molecule has 2 aromatic carbocycles. The van der Waals surface area contributed by atoms with Crippen LogP contribution in [0.15, 0.2) is 60.8 Å². The molecule has 5 fully saturated rings. The van der Waals surface area contributed by atoms with Gasteiger partial charge in [-0.1, -0.05) is 67.4 Å². The summed E-state index contributed by atoms with van der Waals surface area (Å²) in [5.41, 5.74) is 2.41. The van der Waals surface area contributed by atoms with Crippen LogP contribution < -0.4 is 0 Å². The highest BCUT2D eigenvalue weighted by Gasteiger charge is 2.54. The number of ether oxygens (including phenoxy) is 8. The Morgan fingerprint density at radius 3 is 2.18 bits per heavy atom. The lowest BCUT2D eigenvalue weighted by Gasteiger charge is -2.49. The molecule has 398 valence electrons. The third-order valence-corrected chi connectivity index (χ3v) is 14.4. The van der Waals surface area contributed by atoms with E-state index in [1.165, 1.54) is 23.7 Å². The third-order valence-electron chi connectivity index (χ3n) is 14.4. The van der Waals surface area contributed by atoms with E-state index in [0.29, 0.717) is 31.6 Å². The second-order valence-electron chi connectivity index (χ2n) is 19.8. The van der Waals surface area contributed by atoms with Gasteiger partial charge in [-0.2, -0.15) is 0 Å². The van der Waals surface area contributed by atoms with Crippen molar-refractivity contribution in [3.05, 3.63) is 71.9 Å². The summed E-state index contributed by atoms with van der Waals surface area (Å²) in [7, 11) is 0. The molecule has 0 bridgehead atoms. The van der Waals surface area contributed by atoms with E-state index in [1.807, 2.05) is 45.0 Å². The Morgan fingerprint density at radius 2 is 1.50 bits per heavy atom. The molecule has 1 aliphatic carbocycles. The van der Waals surface area contributed by atoms with Crippen LogP contribution in [-0.4, -0.2) is 210 Å². The summed E-state index contributed by atoms with van der Waals surface area (Å²) in [6, 6.07) is 14.5. The second kappa shape index (κ2) is 24.1. The van der Waals surface area contributed by atoms with E-state index in [-0.39, 0.29) is 30.9 Å². The molecule has 9 unspecified atom stereocenters. The summed E-state index contributed by atoms with van der Waals surface area (Å²) in [6.07, 6.45) is -19.7. The fourth-order valence-electron chi connectivity index (χ4n) is 10.3. The molecule has 0 radical (unpaired) electrons. The quantitative estimate of drug-likeness (QED) is 0.0777. The lowest BCUT2D eigenvalue weighted by molar-refractivity contribution is -0.350. The van der Waals surface area contributed by atoms with Crippen LogP contribution in [0.1, 0.15) is 74.8 Å². The summed E-state index contributed by atoms with van der Waals surface area (Å²) in [5.74, 6) is -2.02. The van der Waals surface area contributed by atoms with Gasteiger partial charge in [-0.05, 0) is 69.6 Å². The van der Waals surface area contributed by atoms with Crippen molar-refractivity contribution < 1.29 is 88.3 Å². The Hall–Kier alpha value is -4.08. The Morgan fingerprint density at radius 1 is 0.778 bits per heavy atom. The molecular weight excluding hydrogens is 945 g/mol. The minimum absolute atomic E-state index is 0.0861. The van der Waals surface area contributed by atoms with Crippen molar-refractivity contribution in [3.8, 4) is 11.3 Å². The van der Waals surface area contributed by atoms with Crippen LogP contribution in [0.3, 0.4) is 0 Å². The largest absolute Gasteiger partial charge is 0.450 e. The molecule has 22 heteroatoms. The Balaban J connectivity index is 1.08. The van der Waals surface area contributed by atoms with Crippen molar-refractivity contribution in [2.75, 3.05) is 32.9 Å². The van der Waals surface area contributed by atoms with Crippen LogP contribution in [0.4, 0.5) is 0 Å². The molecule has 20 atom stereocenters. The fraction of sp³-hybridized carbons (Fsp3) is 0.680. The number of hydrogen-bond donors (Lipinski definition) is 8. The van der Waals surface area contributed by atoms with Gasteiger partial charge < -0.3 is 83.6 Å². The molecule has 72 heavy (non-hydrogen) atoms. The normalized spacial score (nSPS) is 37.7. The minimum atomic E-state index is -1.69. The monoisotopic (exact) mass is 1010 g/mol. The molecule has 1 saturated carbocycles. The number of esters is 1. The molecule has 1 aromatic heterocycles. The van der Waals surface area contributed by atoms with Gasteiger partial charge in [0.15, 0.2) is 25.0 Å². The van der Waals surface area contributed by atoms with Crippen LogP contribution in [-0.2, 0) is 42.7 Å². The van der Waals surface area contributed by atoms with Crippen LogP contribution in [0.2, 0.25) is 0 Å². The van der Waals surface area contributed by atoms with Gasteiger partial charge in [-0.15, -0.1) is 5.10 Å². The summed E-state index contributed by atoms with van der Waals surface area (Å²) in [5, 5.41) is 96.7. The predicted molar refractivity (Wildman–Crippen MR) is 249 cm³/mol. The number of aromatic nitrogens is 3. The number of nitrogens with zero attached hydrogens (tertiary/aromatic N) is 4. The van der Waals surface area contributed by atoms with Gasteiger partial charge in [0.1, 0.15) is 72.8 Å². The molecule has 5 aliphatic rings. The highest BCUT2D eigenvalue weighted by molar-refractivity contribution is 5.89. The maximum Gasteiger partial charge on any atom is 0.338 e. The standard InChI is InChI=1S/C50H70N4O18/c1-5-11-32(46(63)53-16-10-17-53)67-44-39(59)35(23-56)70-50(45(44)71-47(64)29-13-7-6-8-14-29)68-33-20-28(19-26(3)43(33)72-49-42(62)41(61)37(57)27(4)66-49)24-65-48-40(60)36(38(58)34(22-55)69-48)54-21-31(51-52-54)30-15-9-12-25(2)18-30/h6-9,12-15,18,21,26-28,32-45,48-50,55-62H,5,10-11,16-17,19-20,22-24H2,1-4H3/t26?,27?,28?,32-,33+,34?,35-,36?,37+,38+,39-,40?,41-,42?,43+,44?,45?,48-,49-,50+/m0/s1. The van der Waals surface area contributed by atoms with E-state index in [0.717, 1.165) is 17.5 Å². The highest BCUT2D eigenvalue weighted by Crippen LogP contribution is 2.40. The van der Waals surface area contributed by atoms with E-state index >= 15 is 0 Å². The summed E-state index contributed by atoms with van der Waals surface area (Å²) >= 11 is 0. The van der Waals surface area contributed by atoms with E-state index in [2.05, 4.69) is 10.3 Å². The van der Waals surface area contributed by atoms with Crippen LogP contribution in [0, 0.1) is 18.8 Å². The number of hydrogen-bond acceptors (Lipinski definition) is 20. The maximum atomic E-state index is 13.9. The van der Waals surface area contributed by atoms with Crippen molar-refractivity contribution in [2.45, 2.75) is 170 Å². The Bertz CT molecular complexity index is 2220. The average molecular weight is 1020 g/mol. The van der Waals surface area contributed by atoms with E-state index in [9.17, 15) is 50.4 Å². The molecular formula is C50H70N4O18. The summed E-state index contributed by atoms with van der Waals surface area (Å²) in [4.78, 5) is 29.3. The number of benzene rings is 2. The lowest BCUT2D eigenvalue weighted by atomic mass is 9.78. The first-order valence-electron chi connectivity index (χ1n) is 25.0. The molecule has 0 spiro atoms. The zero-order chi connectivity index (χ0) is 51.4. The zero-order valence-electron chi connectivity index (χ0n) is 40.8. The molecule has 4 aliphatic heterocycles. The molecule has 5 heterocycles. The van der Waals surface area contributed by atoms with Gasteiger partial charge in [0.25, 0.3) is 5.91 Å². The smallest absolute Gasteiger partial charge is 0.338 e. The van der Waals surface area contributed by atoms with Crippen LogP contribution in [0.25, 0.3) is 11.3 Å². The number of aliphatic hydroxyl groups is 8. The van der Waals surface area contributed by atoms with Crippen LogP contribution in [0.5, 0.6) is 0 Å². The van der Waals surface area contributed by atoms with E-state index in [1.54, 1.807) is 29.3 Å². The Kier molecular flexibility index (Phi) is 18.1. The topological polar surface area (TPSA) is 304 Å². The average Bonchev–Trinajstić information content (AvgIpc) is 3.84. The van der Waals surface area contributed by atoms with Crippen molar-refractivity contribution in [1.82, 2.24) is 19.9 Å². The van der Waals surface area contributed by atoms with E-state index < -0.39 is 141 Å². The van der Waals surface area contributed by atoms with Gasteiger partial charge in [0.2, 0.25) is 0 Å². The molecule has 3 aromatic rings. The first-order chi connectivity index (χ1) is 34.6. The molecule has 4 saturated heterocycles. The predicted octanol–water partition coefficient (Wildman–Crippen LogP) is -0.0159. The van der Waals surface area contributed by atoms with Gasteiger partial charge in [-0.25, -0.2) is 9.48 Å². The second-order valence-corrected chi connectivity index (χ2v) is 19.8. The van der Waals surface area contributed by atoms with Gasteiger partial charge in [0.05, 0.1) is 49.9 Å². The highest BCUT2D eigenvalue weighted by atomic mass is 16.7. The zero-order valence-corrected chi connectivity index (χ0v) is 40.8. The number of carbonyl (C=O) groups is 2. The fourth-order valence-corrected chi connectivity index (χ4v) is 10.3. The van der Waals surface area contributed by atoms with Crippen molar-refractivity contribution >= 4 is 11.9 Å². The van der Waals surface area contributed by atoms with Crippen LogP contribution >= 0.6 is 0 Å². The number of carbonyl (C=O) groups excluding carboxylic acids is 2. The molecule has 8 N–H and O–H groups in total. The number of aliphatic hydroxyl groups excluding tert-OH is 8. The molecule has 8 rings (SSSR count).